The zero-order chi connectivity index (χ0) is 24.7. The number of ether oxygens (including phenoxy) is 1. The van der Waals surface area contributed by atoms with Crippen LogP contribution in [0.15, 0.2) is 61.1 Å². The molecule has 34 heavy (non-hydrogen) atoms. The molecule has 0 bridgehead atoms. The van der Waals surface area contributed by atoms with Gasteiger partial charge in [-0.1, -0.05) is 43.7 Å². The van der Waals surface area contributed by atoms with Crippen LogP contribution >= 0.6 is 0 Å². The minimum atomic E-state index is -0.433. The molecule has 7 heteroatoms. The van der Waals surface area contributed by atoms with Crippen molar-refractivity contribution in [2.75, 3.05) is 29.5 Å². The predicted molar refractivity (Wildman–Crippen MR) is 135 cm³/mol. The van der Waals surface area contributed by atoms with E-state index in [9.17, 15) is 9.59 Å². The Morgan fingerprint density at radius 1 is 0.941 bits per heavy atom. The molecule has 178 valence electrons. The summed E-state index contributed by atoms with van der Waals surface area (Å²) in [5.41, 5.74) is 3.99. The fourth-order valence-corrected chi connectivity index (χ4v) is 3.53. The van der Waals surface area contributed by atoms with E-state index in [0.29, 0.717) is 36.8 Å². The van der Waals surface area contributed by atoms with Crippen molar-refractivity contribution in [2.45, 2.75) is 34.6 Å². The predicted octanol–water partition coefficient (Wildman–Crippen LogP) is 5.74. The number of aryl methyl sites for hydroxylation is 1. The maximum atomic E-state index is 13.6. The summed E-state index contributed by atoms with van der Waals surface area (Å²) in [5.74, 6) is 0.481. The molecule has 1 aromatic heterocycles. The Labute approximate surface area is 201 Å². The number of rotatable bonds is 8. The second-order valence-corrected chi connectivity index (χ2v) is 8.46. The molecule has 0 aliphatic carbocycles. The first-order valence-electron chi connectivity index (χ1n) is 11.6. The zero-order valence-corrected chi connectivity index (χ0v) is 20.5. The fraction of sp³-hybridized carbons (Fsp3) is 0.333. The average molecular weight is 461 g/mol. The lowest BCUT2D eigenvalue weighted by Gasteiger charge is -2.24. The van der Waals surface area contributed by atoms with Crippen molar-refractivity contribution in [2.24, 2.45) is 5.92 Å². The molecule has 0 aliphatic heterocycles. The first-order chi connectivity index (χ1) is 16.3. The first-order valence-corrected chi connectivity index (χ1v) is 11.6. The number of amides is 2. The highest BCUT2D eigenvalue weighted by atomic mass is 16.6. The SMILES string of the molecule is CCN(C(=O)OCC(C)C)c1cc(C(=O)N(CC)c2cnccn2)cc(-c2ccc(C)cc2)c1. The maximum Gasteiger partial charge on any atom is 0.414 e. The van der Waals surface area contributed by atoms with Gasteiger partial charge in [0.25, 0.3) is 5.91 Å². The number of anilines is 2. The first kappa shape index (κ1) is 24.9. The molecule has 0 N–H and O–H groups in total. The molecule has 2 aromatic carbocycles. The van der Waals surface area contributed by atoms with Gasteiger partial charge in [0.15, 0.2) is 5.82 Å². The van der Waals surface area contributed by atoms with Crippen LogP contribution in [0, 0.1) is 12.8 Å². The van der Waals surface area contributed by atoms with Crippen LogP contribution < -0.4 is 9.80 Å². The quantitative estimate of drug-likeness (QED) is 0.429. The van der Waals surface area contributed by atoms with Gasteiger partial charge >= 0.3 is 6.09 Å². The third kappa shape index (κ3) is 5.98. The summed E-state index contributed by atoms with van der Waals surface area (Å²) in [6.07, 6.45) is 4.26. The van der Waals surface area contributed by atoms with E-state index in [1.54, 1.807) is 34.5 Å². The molecule has 3 aromatic rings. The molecule has 0 atom stereocenters. The lowest BCUT2D eigenvalue weighted by molar-refractivity contribution is 0.0987. The van der Waals surface area contributed by atoms with Crippen molar-refractivity contribution in [3.05, 3.63) is 72.2 Å². The van der Waals surface area contributed by atoms with E-state index >= 15 is 0 Å². The summed E-state index contributed by atoms with van der Waals surface area (Å²) in [4.78, 5) is 37.9. The van der Waals surface area contributed by atoms with Gasteiger partial charge in [0, 0.05) is 36.7 Å². The molecule has 0 saturated heterocycles. The summed E-state index contributed by atoms with van der Waals surface area (Å²) in [7, 11) is 0. The van der Waals surface area contributed by atoms with Crippen molar-refractivity contribution in [1.29, 1.82) is 0 Å². The van der Waals surface area contributed by atoms with Crippen LogP contribution in [0.25, 0.3) is 11.1 Å². The smallest absolute Gasteiger partial charge is 0.414 e. The van der Waals surface area contributed by atoms with Crippen molar-refractivity contribution in [3.63, 3.8) is 0 Å². The minimum Gasteiger partial charge on any atom is -0.449 e. The topological polar surface area (TPSA) is 75.6 Å². The normalized spacial score (nSPS) is 10.8. The van der Waals surface area contributed by atoms with Gasteiger partial charge in [-0.2, -0.15) is 0 Å². The van der Waals surface area contributed by atoms with Crippen molar-refractivity contribution in [3.8, 4) is 11.1 Å². The minimum absolute atomic E-state index is 0.218. The molecule has 3 rings (SSSR count). The van der Waals surface area contributed by atoms with Gasteiger partial charge in [0.05, 0.1) is 12.8 Å². The Bertz CT molecular complexity index is 1110. The van der Waals surface area contributed by atoms with Crippen LogP contribution in [-0.4, -0.2) is 41.7 Å². The highest BCUT2D eigenvalue weighted by Crippen LogP contribution is 2.29. The number of aromatic nitrogens is 2. The summed E-state index contributed by atoms with van der Waals surface area (Å²) in [6, 6.07) is 13.6. The van der Waals surface area contributed by atoms with E-state index in [4.69, 9.17) is 4.74 Å². The molecule has 2 amide bonds. The highest BCUT2D eigenvalue weighted by Gasteiger charge is 2.22. The molecular formula is C27H32N4O3. The Balaban J connectivity index is 2.07. The third-order valence-corrected chi connectivity index (χ3v) is 5.33. The maximum absolute atomic E-state index is 13.6. The Morgan fingerprint density at radius 2 is 1.65 bits per heavy atom. The molecule has 7 nitrogen and oxygen atoms in total. The second kappa shape index (κ2) is 11.4. The van der Waals surface area contributed by atoms with Crippen molar-refractivity contribution in [1.82, 2.24) is 9.97 Å². The number of benzene rings is 2. The Hall–Kier alpha value is -3.74. The molecule has 0 saturated carbocycles. The molecule has 0 fully saturated rings. The summed E-state index contributed by atoms with van der Waals surface area (Å²) < 4.78 is 5.48. The van der Waals surface area contributed by atoms with E-state index in [2.05, 4.69) is 9.97 Å². The molecule has 1 heterocycles. The molecule has 0 spiro atoms. The summed E-state index contributed by atoms with van der Waals surface area (Å²) in [5, 5.41) is 0. The van der Waals surface area contributed by atoms with Crippen LogP contribution in [0.3, 0.4) is 0 Å². The molecular weight excluding hydrogens is 428 g/mol. The summed E-state index contributed by atoms with van der Waals surface area (Å²) >= 11 is 0. The molecule has 0 radical (unpaired) electrons. The summed E-state index contributed by atoms with van der Waals surface area (Å²) in [6.45, 7) is 10.9. The Morgan fingerprint density at radius 3 is 2.24 bits per heavy atom. The monoisotopic (exact) mass is 460 g/mol. The number of carbonyl (C=O) groups is 2. The number of hydrogen-bond acceptors (Lipinski definition) is 5. The van der Waals surface area contributed by atoms with Gasteiger partial charge in [0.2, 0.25) is 0 Å². The van der Waals surface area contributed by atoms with E-state index < -0.39 is 6.09 Å². The van der Waals surface area contributed by atoms with Crippen molar-refractivity contribution >= 4 is 23.5 Å². The number of nitrogens with zero attached hydrogens (tertiary/aromatic N) is 4. The molecule has 0 unspecified atom stereocenters. The van der Waals surface area contributed by atoms with E-state index in [0.717, 1.165) is 16.7 Å². The molecule has 0 aliphatic rings. The van der Waals surface area contributed by atoms with E-state index in [1.807, 2.05) is 71.0 Å². The van der Waals surface area contributed by atoms with E-state index in [1.165, 1.54) is 0 Å². The highest BCUT2D eigenvalue weighted by molar-refractivity contribution is 6.07. The largest absolute Gasteiger partial charge is 0.449 e. The standard InChI is InChI=1S/C27H32N4O3/c1-6-30(27(33)34-18-19(3)4)24-15-22(21-10-8-20(5)9-11-21)14-23(16-24)26(32)31(7-2)25-17-28-12-13-29-25/h8-17,19H,6-7,18H2,1-5H3. The van der Waals surface area contributed by atoms with Crippen LogP contribution in [0.1, 0.15) is 43.6 Å². The lowest BCUT2D eigenvalue weighted by Crippen LogP contribution is -2.34. The van der Waals surface area contributed by atoms with Crippen LogP contribution in [0.5, 0.6) is 0 Å². The third-order valence-electron chi connectivity index (χ3n) is 5.33. The van der Waals surface area contributed by atoms with Crippen LogP contribution in [0.2, 0.25) is 0 Å². The second-order valence-electron chi connectivity index (χ2n) is 8.46. The van der Waals surface area contributed by atoms with Crippen molar-refractivity contribution < 1.29 is 14.3 Å². The van der Waals surface area contributed by atoms with Crippen LogP contribution in [0.4, 0.5) is 16.3 Å². The Kier molecular flexibility index (Phi) is 8.35. The van der Waals surface area contributed by atoms with Gasteiger partial charge in [-0.15, -0.1) is 0 Å². The number of carbonyl (C=O) groups excluding carboxylic acids is 2. The van der Waals surface area contributed by atoms with Gasteiger partial charge in [-0.05, 0) is 56.0 Å². The van der Waals surface area contributed by atoms with Gasteiger partial charge in [-0.25, -0.2) is 9.78 Å². The fourth-order valence-electron chi connectivity index (χ4n) is 3.53. The lowest BCUT2D eigenvalue weighted by atomic mass is 10.00. The van der Waals surface area contributed by atoms with Gasteiger partial charge < -0.3 is 4.74 Å². The van der Waals surface area contributed by atoms with Crippen LogP contribution in [-0.2, 0) is 4.74 Å². The average Bonchev–Trinajstić information content (AvgIpc) is 2.84. The number of hydrogen-bond donors (Lipinski definition) is 0. The van der Waals surface area contributed by atoms with Gasteiger partial charge in [0.1, 0.15) is 0 Å². The van der Waals surface area contributed by atoms with E-state index in [-0.39, 0.29) is 11.8 Å². The zero-order valence-electron chi connectivity index (χ0n) is 20.5. The van der Waals surface area contributed by atoms with Gasteiger partial charge in [-0.3, -0.25) is 19.6 Å².